The molecule has 1 atom stereocenters. The van der Waals surface area contributed by atoms with Gasteiger partial charge < -0.3 is 0 Å². The van der Waals surface area contributed by atoms with E-state index in [-0.39, 0.29) is 24.2 Å². The van der Waals surface area contributed by atoms with E-state index in [4.69, 9.17) is 0 Å². The van der Waals surface area contributed by atoms with Gasteiger partial charge in [0.2, 0.25) is 0 Å². The summed E-state index contributed by atoms with van der Waals surface area (Å²) >= 11 is 1.34. The van der Waals surface area contributed by atoms with E-state index in [9.17, 15) is 18.0 Å². The fraction of sp³-hybridized carbons (Fsp3) is 0.357. The molecule has 1 aromatic rings. The molecule has 0 bridgehead atoms. The molecule has 0 aliphatic heterocycles. The van der Waals surface area contributed by atoms with E-state index >= 15 is 0 Å². The van der Waals surface area contributed by atoms with Crippen molar-refractivity contribution in [2.24, 2.45) is 5.92 Å². The van der Waals surface area contributed by atoms with Crippen molar-refractivity contribution in [1.82, 2.24) is 9.97 Å². The number of halogens is 3. The van der Waals surface area contributed by atoms with E-state index < -0.39 is 12.1 Å². The molecule has 1 heterocycles. The third kappa shape index (κ3) is 4.17. The maximum Gasteiger partial charge on any atom is 0.395 e. The quantitative estimate of drug-likeness (QED) is 0.631. The molecule has 1 aliphatic rings. The largest absolute Gasteiger partial charge is 0.395 e. The predicted molar refractivity (Wildman–Crippen MR) is 73.9 cm³/mol. The van der Waals surface area contributed by atoms with Gasteiger partial charge in [-0.15, -0.1) is 0 Å². The molecule has 3 nitrogen and oxygen atoms in total. The zero-order chi connectivity index (χ0) is 15.5. The molecule has 0 saturated heterocycles. The lowest BCUT2D eigenvalue weighted by Crippen LogP contribution is -2.24. The first kappa shape index (κ1) is 15.8. The Morgan fingerprint density at radius 1 is 1.48 bits per heavy atom. The van der Waals surface area contributed by atoms with Crippen LogP contribution in [0.2, 0.25) is 0 Å². The smallest absolute Gasteiger partial charge is 0.294 e. The zero-order valence-electron chi connectivity index (χ0n) is 11.2. The molecule has 7 heteroatoms. The van der Waals surface area contributed by atoms with E-state index in [0.717, 1.165) is 6.08 Å². The molecule has 2 rings (SSSR count). The van der Waals surface area contributed by atoms with Crippen LogP contribution in [0.4, 0.5) is 13.2 Å². The van der Waals surface area contributed by atoms with Crippen molar-refractivity contribution in [3.8, 4) is 0 Å². The van der Waals surface area contributed by atoms with Crippen LogP contribution in [0.1, 0.15) is 12.1 Å². The Kier molecular flexibility index (Phi) is 4.82. The summed E-state index contributed by atoms with van der Waals surface area (Å²) < 4.78 is 38.1. The standard InChI is InChI=1S/C14H13F3N2OS/c1-21-13-18-6-5-11(19-13)8-12(20)9-3-2-4-10(7-9)14(15,16)17/h2-6,10H,7-8H2,1H3. The Morgan fingerprint density at radius 2 is 2.24 bits per heavy atom. The van der Waals surface area contributed by atoms with Gasteiger partial charge in [-0.1, -0.05) is 30.0 Å². The SMILES string of the molecule is CSc1nccc(CC(=O)C2=CC=CC(C(F)(F)F)C2)n1. The van der Waals surface area contributed by atoms with Gasteiger partial charge >= 0.3 is 6.18 Å². The first-order chi connectivity index (χ1) is 9.90. The molecule has 1 aromatic heterocycles. The topological polar surface area (TPSA) is 42.9 Å². The average molecular weight is 314 g/mol. The summed E-state index contributed by atoms with van der Waals surface area (Å²) in [4.78, 5) is 20.2. The summed E-state index contributed by atoms with van der Waals surface area (Å²) in [6.45, 7) is 0. The zero-order valence-corrected chi connectivity index (χ0v) is 12.0. The number of thioether (sulfide) groups is 1. The Morgan fingerprint density at radius 3 is 2.90 bits per heavy atom. The number of rotatable bonds is 4. The van der Waals surface area contributed by atoms with Crippen molar-refractivity contribution in [3.05, 3.63) is 41.8 Å². The average Bonchev–Trinajstić information content (AvgIpc) is 2.46. The lowest BCUT2D eigenvalue weighted by atomic mass is 9.90. The highest BCUT2D eigenvalue weighted by Gasteiger charge is 2.39. The second-order valence-corrected chi connectivity index (χ2v) is 5.34. The predicted octanol–water partition coefficient (Wildman–Crippen LogP) is 3.37. The molecule has 1 unspecified atom stereocenters. The highest BCUT2D eigenvalue weighted by molar-refractivity contribution is 7.98. The number of ketones is 1. The van der Waals surface area contributed by atoms with Crippen LogP contribution in [0.25, 0.3) is 0 Å². The van der Waals surface area contributed by atoms with Gasteiger partial charge in [0.25, 0.3) is 0 Å². The Balaban J connectivity index is 2.07. The van der Waals surface area contributed by atoms with Crippen molar-refractivity contribution in [2.45, 2.75) is 24.2 Å². The second-order valence-electron chi connectivity index (χ2n) is 4.56. The van der Waals surface area contributed by atoms with Crippen LogP contribution in [0.3, 0.4) is 0 Å². The van der Waals surface area contributed by atoms with Crippen molar-refractivity contribution in [2.75, 3.05) is 6.26 Å². The van der Waals surface area contributed by atoms with E-state index in [1.807, 2.05) is 6.26 Å². The van der Waals surface area contributed by atoms with Crippen molar-refractivity contribution in [3.63, 3.8) is 0 Å². The molecule has 1 aliphatic carbocycles. The van der Waals surface area contributed by atoms with Gasteiger partial charge in [0.15, 0.2) is 10.9 Å². The van der Waals surface area contributed by atoms with Crippen LogP contribution in [-0.4, -0.2) is 28.2 Å². The Hall–Kier alpha value is -1.63. The number of alkyl halides is 3. The molecular weight excluding hydrogens is 301 g/mol. The minimum atomic E-state index is -4.32. The van der Waals surface area contributed by atoms with Gasteiger partial charge in [0.05, 0.1) is 18.0 Å². The van der Waals surface area contributed by atoms with Crippen LogP contribution in [-0.2, 0) is 11.2 Å². The number of nitrogens with zero attached hydrogens (tertiary/aromatic N) is 2. The fourth-order valence-electron chi connectivity index (χ4n) is 1.96. The molecule has 0 spiro atoms. The number of carbonyl (C=O) groups excluding carboxylic acids is 1. The van der Waals surface area contributed by atoms with Gasteiger partial charge in [-0.2, -0.15) is 13.2 Å². The van der Waals surface area contributed by atoms with E-state index in [2.05, 4.69) is 9.97 Å². The molecule has 112 valence electrons. The number of allylic oxidation sites excluding steroid dienone is 4. The molecule has 0 N–H and O–H groups in total. The van der Waals surface area contributed by atoms with Gasteiger partial charge in [-0.3, -0.25) is 4.79 Å². The fourth-order valence-corrected chi connectivity index (χ4v) is 2.34. The maximum atomic E-state index is 12.7. The van der Waals surface area contributed by atoms with E-state index in [0.29, 0.717) is 10.9 Å². The van der Waals surface area contributed by atoms with Gasteiger partial charge in [-0.25, -0.2) is 9.97 Å². The lowest BCUT2D eigenvalue weighted by Gasteiger charge is -2.20. The summed E-state index contributed by atoms with van der Waals surface area (Å²) in [6.07, 6.45) is 2.52. The minimum absolute atomic E-state index is 0.0136. The van der Waals surface area contributed by atoms with Gasteiger partial charge in [0, 0.05) is 6.20 Å². The molecular formula is C14H13F3N2OS. The van der Waals surface area contributed by atoms with Crippen LogP contribution >= 0.6 is 11.8 Å². The summed E-state index contributed by atoms with van der Waals surface area (Å²) in [5, 5.41) is 0.533. The number of Topliss-reactive ketones (excluding diaryl/α,β-unsaturated/α-hetero) is 1. The van der Waals surface area contributed by atoms with Crippen LogP contribution in [0.5, 0.6) is 0 Å². The first-order valence-electron chi connectivity index (χ1n) is 6.23. The Labute approximate surface area is 124 Å². The minimum Gasteiger partial charge on any atom is -0.294 e. The monoisotopic (exact) mass is 314 g/mol. The summed E-state index contributed by atoms with van der Waals surface area (Å²) in [5.41, 5.74) is 0.697. The highest BCUT2D eigenvalue weighted by atomic mass is 32.2. The molecule has 0 aromatic carbocycles. The van der Waals surface area contributed by atoms with Crippen molar-refractivity contribution in [1.29, 1.82) is 0 Å². The number of hydrogen-bond acceptors (Lipinski definition) is 4. The molecule has 0 amide bonds. The normalized spacial score (nSPS) is 18.5. The van der Waals surface area contributed by atoms with Gasteiger partial charge in [0.1, 0.15) is 0 Å². The van der Waals surface area contributed by atoms with Crippen LogP contribution in [0.15, 0.2) is 41.2 Å². The van der Waals surface area contributed by atoms with Crippen LogP contribution in [0, 0.1) is 5.92 Å². The lowest BCUT2D eigenvalue weighted by molar-refractivity contribution is -0.161. The van der Waals surface area contributed by atoms with E-state index in [1.54, 1.807) is 6.07 Å². The first-order valence-corrected chi connectivity index (χ1v) is 7.46. The van der Waals surface area contributed by atoms with Crippen molar-refractivity contribution >= 4 is 17.5 Å². The number of carbonyl (C=O) groups is 1. The number of hydrogen-bond donors (Lipinski definition) is 0. The summed E-state index contributed by atoms with van der Waals surface area (Å²) in [7, 11) is 0. The molecule has 0 saturated carbocycles. The summed E-state index contributed by atoms with van der Waals surface area (Å²) in [5.74, 6) is -1.92. The van der Waals surface area contributed by atoms with E-state index in [1.165, 1.54) is 30.1 Å². The third-order valence-electron chi connectivity index (χ3n) is 3.07. The number of aromatic nitrogens is 2. The third-order valence-corrected chi connectivity index (χ3v) is 3.64. The Bertz CT molecular complexity index is 596. The summed E-state index contributed by atoms with van der Waals surface area (Å²) in [6, 6.07) is 1.60. The molecule has 0 radical (unpaired) electrons. The maximum absolute atomic E-state index is 12.7. The second kappa shape index (κ2) is 6.43. The molecule has 21 heavy (non-hydrogen) atoms. The van der Waals surface area contributed by atoms with Gasteiger partial charge in [-0.05, 0) is 24.3 Å². The van der Waals surface area contributed by atoms with Crippen molar-refractivity contribution < 1.29 is 18.0 Å². The molecule has 0 fully saturated rings. The van der Waals surface area contributed by atoms with Crippen LogP contribution < -0.4 is 0 Å². The highest BCUT2D eigenvalue weighted by Crippen LogP contribution is 2.34.